The second kappa shape index (κ2) is 10.6. The van der Waals surface area contributed by atoms with Crippen LogP contribution in [0.25, 0.3) is 0 Å². The molecule has 17 heteroatoms. The number of hydrogen-bond donors (Lipinski definition) is 1. The Balaban J connectivity index is 1.52. The first-order valence-corrected chi connectivity index (χ1v) is 15.7. The summed E-state index contributed by atoms with van der Waals surface area (Å²) >= 11 is 23.4. The number of halogens is 10. The minimum atomic E-state index is -5.25. The molecular formula is C29H18BrCl3F6N2O5. The van der Waals surface area contributed by atoms with E-state index in [2.05, 4.69) is 15.9 Å². The third kappa shape index (κ3) is 4.53. The Morgan fingerprint density at radius 1 is 0.891 bits per heavy atom. The van der Waals surface area contributed by atoms with Crippen LogP contribution in [0.1, 0.15) is 35.4 Å². The van der Waals surface area contributed by atoms with Gasteiger partial charge in [0.05, 0.1) is 34.1 Å². The van der Waals surface area contributed by atoms with Gasteiger partial charge in [-0.3, -0.25) is 24.1 Å². The molecule has 0 aromatic heterocycles. The largest absolute Gasteiger partial charge is 0.508 e. The van der Waals surface area contributed by atoms with Crippen molar-refractivity contribution in [1.82, 2.24) is 4.90 Å². The molecule has 6 rings (SSSR count). The number of phenolic OH excluding ortho intramolecular Hbond substituents is 1. The normalized spacial score (nSPS) is 31.2. The highest BCUT2D eigenvalue weighted by Crippen LogP contribution is 2.66. The zero-order valence-corrected chi connectivity index (χ0v) is 26.6. The molecule has 1 saturated carbocycles. The zero-order chi connectivity index (χ0) is 33.9. The lowest BCUT2D eigenvalue weighted by Crippen LogP contribution is -2.60. The first-order chi connectivity index (χ1) is 21.3. The van der Waals surface area contributed by atoms with E-state index >= 15 is 0 Å². The van der Waals surface area contributed by atoms with Gasteiger partial charge in [-0.1, -0.05) is 39.2 Å². The average Bonchev–Trinajstić information content (AvgIpc) is 3.31. The van der Waals surface area contributed by atoms with Gasteiger partial charge >= 0.3 is 12.4 Å². The molecule has 2 aromatic rings. The van der Waals surface area contributed by atoms with Gasteiger partial charge in [-0.05, 0) is 55.2 Å². The molecule has 1 N–H and O–H groups in total. The highest BCUT2D eigenvalue weighted by Gasteiger charge is 2.76. The van der Waals surface area contributed by atoms with E-state index in [0.29, 0.717) is 4.90 Å². The lowest BCUT2D eigenvalue weighted by atomic mass is 9.56. The van der Waals surface area contributed by atoms with E-state index in [1.807, 2.05) is 0 Å². The predicted molar refractivity (Wildman–Crippen MR) is 155 cm³/mol. The molecule has 46 heavy (non-hydrogen) atoms. The van der Waals surface area contributed by atoms with Gasteiger partial charge in [-0.15, -0.1) is 23.2 Å². The average molecular weight is 775 g/mol. The van der Waals surface area contributed by atoms with Crippen molar-refractivity contribution in [2.45, 2.75) is 40.9 Å². The number of alkyl halides is 9. The highest BCUT2D eigenvalue weighted by atomic mass is 79.9. The molecule has 2 aliphatic heterocycles. The molecule has 0 bridgehead atoms. The van der Waals surface area contributed by atoms with Crippen molar-refractivity contribution in [1.29, 1.82) is 0 Å². The van der Waals surface area contributed by atoms with Gasteiger partial charge in [0, 0.05) is 16.5 Å². The summed E-state index contributed by atoms with van der Waals surface area (Å²) in [6.45, 7) is 0. The molecular weight excluding hydrogens is 757 g/mol. The lowest BCUT2D eigenvalue weighted by Gasteiger charge is -2.50. The summed E-state index contributed by atoms with van der Waals surface area (Å²) in [7, 11) is 0. The van der Waals surface area contributed by atoms with Gasteiger partial charge < -0.3 is 5.11 Å². The van der Waals surface area contributed by atoms with Crippen LogP contribution in [0.3, 0.4) is 0 Å². The summed E-state index contributed by atoms with van der Waals surface area (Å²) in [6.07, 6.45) is -9.74. The van der Waals surface area contributed by atoms with Gasteiger partial charge in [0.1, 0.15) is 5.75 Å². The number of aromatic hydroxyl groups is 1. The molecule has 3 fully saturated rings. The van der Waals surface area contributed by atoms with Crippen molar-refractivity contribution in [3.05, 3.63) is 69.8 Å². The molecule has 0 spiro atoms. The second-order valence-electron chi connectivity index (χ2n) is 11.5. The molecule has 2 aromatic carbocycles. The van der Waals surface area contributed by atoms with Crippen LogP contribution in [-0.2, 0) is 31.5 Å². The number of carbonyl (C=O) groups is 4. The summed E-state index contributed by atoms with van der Waals surface area (Å²) in [4.78, 5) is 51.6. The third-order valence-electron chi connectivity index (χ3n) is 9.15. The van der Waals surface area contributed by atoms with Crippen LogP contribution in [0.5, 0.6) is 5.75 Å². The number of benzene rings is 2. The van der Waals surface area contributed by atoms with Crippen LogP contribution >= 0.6 is 50.7 Å². The van der Waals surface area contributed by atoms with Crippen LogP contribution in [0.2, 0.25) is 5.02 Å². The summed E-state index contributed by atoms with van der Waals surface area (Å²) in [5, 5.41) is 11.0. The molecule has 6 atom stereocenters. The predicted octanol–water partition coefficient (Wildman–Crippen LogP) is 7.00. The first kappa shape index (κ1) is 33.1. The minimum absolute atomic E-state index is 0.0270. The van der Waals surface area contributed by atoms with E-state index in [-0.39, 0.29) is 46.2 Å². The second-order valence-corrected chi connectivity index (χ2v) is 13.6. The number of allylic oxidation sites excluding steroid dienone is 2. The van der Waals surface area contributed by atoms with Crippen molar-refractivity contribution in [2.24, 2.45) is 17.8 Å². The van der Waals surface area contributed by atoms with E-state index in [4.69, 9.17) is 34.8 Å². The summed E-state index contributed by atoms with van der Waals surface area (Å²) in [6, 6.07) is 4.29. The number of imide groups is 2. The Morgan fingerprint density at radius 3 is 2.07 bits per heavy atom. The van der Waals surface area contributed by atoms with Crippen LogP contribution in [0, 0.1) is 17.8 Å². The number of anilines is 1. The Kier molecular flexibility index (Phi) is 7.63. The maximum Gasteiger partial charge on any atom is 0.416 e. The van der Waals surface area contributed by atoms with Crippen LogP contribution in [0.15, 0.2) is 48.0 Å². The molecule has 0 radical (unpaired) electrons. The molecule has 7 nitrogen and oxygen atoms in total. The molecule has 2 aliphatic carbocycles. The third-order valence-corrected chi connectivity index (χ3v) is 11.3. The minimum Gasteiger partial charge on any atom is -0.508 e. The maximum absolute atomic E-state index is 14.0. The Labute approximate surface area is 279 Å². The maximum atomic E-state index is 14.0. The van der Waals surface area contributed by atoms with Crippen LogP contribution in [0.4, 0.5) is 32.0 Å². The van der Waals surface area contributed by atoms with Crippen molar-refractivity contribution in [2.75, 3.05) is 10.4 Å². The standard InChI is InChI=1S/C29H18BrCl3F6N2O5/c30-10-40-24(45)26(32)9-18-15(21(27(26,33)25(40)46)17-8-13(31)1-4-19(17)42)2-3-16-20(18)23(44)41(22(16)43)14-6-11(28(34,35)36)5-12(7-14)29(37,38)39/h1-2,4-8,16,18,20-21,42H,3,9-10H2. The van der Waals surface area contributed by atoms with Crippen LogP contribution < -0.4 is 4.90 Å². The number of nitrogens with zero attached hydrogens (tertiary/aromatic N) is 2. The van der Waals surface area contributed by atoms with Crippen molar-refractivity contribution < 1.29 is 50.6 Å². The Morgan fingerprint density at radius 2 is 1.50 bits per heavy atom. The molecule has 2 saturated heterocycles. The molecule has 244 valence electrons. The number of phenols is 1. The van der Waals surface area contributed by atoms with Crippen molar-refractivity contribution in [3.63, 3.8) is 0 Å². The number of likely N-dealkylation sites (tertiary alicyclic amines) is 1. The van der Waals surface area contributed by atoms with Gasteiger partial charge in [-0.2, -0.15) is 26.3 Å². The monoisotopic (exact) mass is 772 g/mol. The zero-order valence-electron chi connectivity index (χ0n) is 22.7. The van der Waals surface area contributed by atoms with Crippen molar-refractivity contribution >= 4 is 80.0 Å². The van der Waals surface area contributed by atoms with Gasteiger partial charge in [0.25, 0.3) is 11.8 Å². The Hall–Kier alpha value is -2.81. The molecule has 4 aliphatic rings. The van der Waals surface area contributed by atoms with Gasteiger partial charge in [0.2, 0.25) is 11.8 Å². The number of hydrogen-bond acceptors (Lipinski definition) is 5. The summed E-state index contributed by atoms with van der Waals surface area (Å²) in [5.41, 5.74) is -4.50. The first-order valence-electron chi connectivity index (χ1n) is 13.4. The molecule has 6 unspecified atom stereocenters. The SMILES string of the molecule is O=C1C2CC=C3C(CC4(Cl)C(=O)N(CBr)C(=O)C4(Cl)C3c3cc(Cl)ccc3O)C2C(=O)N1c1cc(C(F)(F)F)cc(C(F)(F)F)c1. The van der Waals surface area contributed by atoms with E-state index in [1.165, 1.54) is 24.3 Å². The highest BCUT2D eigenvalue weighted by molar-refractivity contribution is 9.09. The number of fused-ring (bicyclic) bond motifs is 4. The van der Waals surface area contributed by atoms with Crippen molar-refractivity contribution in [3.8, 4) is 5.75 Å². The molecule has 4 amide bonds. The lowest BCUT2D eigenvalue weighted by molar-refractivity contribution is -0.143. The smallest absolute Gasteiger partial charge is 0.416 e. The van der Waals surface area contributed by atoms with E-state index in [9.17, 15) is 50.6 Å². The van der Waals surface area contributed by atoms with Gasteiger partial charge in [-0.25, -0.2) is 4.90 Å². The quantitative estimate of drug-likeness (QED) is 0.119. The van der Waals surface area contributed by atoms with Gasteiger partial charge in [0.15, 0.2) is 9.75 Å². The van der Waals surface area contributed by atoms with E-state index < -0.39 is 98.4 Å². The van der Waals surface area contributed by atoms with E-state index in [1.54, 1.807) is 0 Å². The van der Waals surface area contributed by atoms with E-state index in [0.717, 1.165) is 4.90 Å². The Bertz CT molecular complexity index is 1740. The van der Waals surface area contributed by atoms with Crippen LogP contribution in [-0.4, -0.2) is 48.8 Å². The number of carbonyl (C=O) groups excluding carboxylic acids is 4. The fourth-order valence-electron chi connectivity index (χ4n) is 7.18. The molecule has 2 heterocycles. The number of amides is 4. The number of rotatable bonds is 3. The fourth-order valence-corrected chi connectivity index (χ4v) is 8.78. The fraction of sp³-hybridized carbons (Fsp3) is 0.379. The summed E-state index contributed by atoms with van der Waals surface area (Å²) < 4.78 is 81.9. The topological polar surface area (TPSA) is 95.0 Å². The summed E-state index contributed by atoms with van der Waals surface area (Å²) in [5.74, 6) is -9.67.